The summed E-state index contributed by atoms with van der Waals surface area (Å²) in [7, 11) is 0. The van der Waals surface area contributed by atoms with E-state index >= 15 is 0 Å². The van der Waals surface area contributed by atoms with Crippen molar-refractivity contribution in [1.82, 2.24) is 5.32 Å². The molecule has 0 unspecified atom stereocenters. The summed E-state index contributed by atoms with van der Waals surface area (Å²) in [5.41, 5.74) is 1.22. The smallest absolute Gasteiger partial charge is 0.251 e. The molecule has 0 bridgehead atoms. The molecule has 0 aliphatic carbocycles. The molecule has 0 spiro atoms. The molecular weight excluding hydrogens is 352 g/mol. The van der Waals surface area contributed by atoms with Gasteiger partial charge in [-0.3, -0.25) is 9.59 Å². The molecule has 0 saturated carbocycles. The standard InChI is InChI=1S/C23H24N2O3/c1-2-15-28-21-10-6-5-9-20(21)25-22(26)13-14-24-23(27)19-12-11-17-7-3-4-8-18(17)16-19/h3-12,16H,2,13-15H2,1H3,(H,24,27)(H,25,26). The zero-order valence-electron chi connectivity index (χ0n) is 15.9. The molecule has 144 valence electrons. The van der Waals surface area contributed by atoms with Gasteiger partial charge in [0.25, 0.3) is 5.91 Å². The van der Waals surface area contributed by atoms with E-state index in [1.54, 1.807) is 12.1 Å². The van der Waals surface area contributed by atoms with Crippen molar-refractivity contribution in [2.24, 2.45) is 0 Å². The zero-order chi connectivity index (χ0) is 19.8. The van der Waals surface area contributed by atoms with Crippen LogP contribution in [0.25, 0.3) is 10.8 Å². The number of para-hydroxylation sites is 2. The Morgan fingerprint density at radius 1 is 0.929 bits per heavy atom. The van der Waals surface area contributed by atoms with Crippen molar-refractivity contribution in [1.29, 1.82) is 0 Å². The quantitative estimate of drug-likeness (QED) is 0.613. The van der Waals surface area contributed by atoms with E-state index in [0.29, 0.717) is 23.6 Å². The molecule has 3 aromatic carbocycles. The summed E-state index contributed by atoms with van der Waals surface area (Å²) in [6.07, 6.45) is 1.07. The lowest BCUT2D eigenvalue weighted by Gasteiger charge is -2.12. The van der Waals surface area contributed by atoms with Crippen LogP contribution >= 0.6 is 0 Å². The number of rotatable bonds is 8. The van der Waals surface area contributed by atoms with E-state index in [4.69, 9.17) is 4.74 Å². The summed E-state index contributed by atoms with van der Waals surface area (Å²) >= 11 is 0. The number of carbonyl (C=O) groups is 2. The first-order valence-corrected chi connectivity index (χ1v) is 9.46. The molecule has 2 amide bonds. The van der Waals surface area contributed by atoms with E-state index in [-0.39, 0.29) is 24.8 Å². The van der Waals surface area contributed by atoms with Gasteiger partial charge in [-0.2, -0.15) is 0 Å². The summed E-state index contributed by atoms with van der Waals surface area (Å²) in [5, 5.41) is 7.74. The highest BCUT2D eigenvalue weighted by atomic mass is 16.5. The average Bonchev–Trinajstić information content (AvgIpc) is 2.72. The van der Waals surface area contributed by atoms with Crippen molar-refractivity contribution >= 4 is 28.3 Å². The van der Waals surface area contributed by atoms with Gasteiger partial charge in [0.2, 0.25) is 5.91 Å². The van der Waals surface area contributed by atoms with E-state index in [1.165, 1.54) is 0 Å². The number of amides is 2. The Morgan fingerprint density at radius 3 is 2.50 bits per heavy atom. The molecule has 3 rings (SSSR count). The molecule has 0 aromatic heterocycles. The molecule has 0 radical (unpaired) electrons. The number of carbonyl (C=O) groups excluding carboxylic acids is 2. The first kappa shape index (κ1) is 19.4. The van der Waals surface area contributed by atoms with Gasteiger partial charge in [-0.1, -0.05) is 49.4 Å². The van der Waals surface area contributed by atoms with E-state index in [9.17, 15) is 9.59 Å². The summed E-state index contributed by atoms with van der Waals surface area (Å²) in [6, 6.07) is 20.8. The number of fused-ring (bicyclic) bond motifs is 1. The Bertz CT molecular complexity index is 969. The summed E-state index contributed by atoms with van der Waals surface area (Å²) in [6.45, 7) is 2.88. The number of benzene rings is 3. The zero-order valence-corrected chi connectivity index (χ0v) is 15.9. The maximum Gasteiger partial charge on any atom is 0.251 e. The topological polar surface area (TPSA) is 67.4 Å². The maximum absolute atomic E-state index is 12.3. The second kappa shape index (κ2) is 9.55. The molecule has 0 aliphatic heterocycles. The van der Waals surface area contributed by atoms with Crippen molar-refractivity contribution in [3.8, 4) is 5.75 Å². The number of nitrogens with one attached hydrogen (secondary N) is 2. The van der Waals surface area contributed by atoms with Crippen LogP contribution in [0.4, 0.5) is 5.69 Å². The molecular formula is C23H24N2O3. The van der Waals surface area contributed by atoms with Gasteiger partial charge in [0.05, 0.1) is 12.3 Å². The molecule has 0 aliphatic rings. The molecule has 5 nitrogen and oxygen atoms in total. The number of ether oxygens (including phenoxy) is 1. The minimum atomic E-state index is -0.190. The fraction of sp³-hybridized carbons (Fsp3) is 0.217. The van der Waals surface area contributed by atoms with Crippen LogP contribution in [0.1, 0.15) is 30.1 Å². The molecule has 0 saturated heterocycles. The lowest BCUT2D eigenvalue weighted by Crippen LogP contribution is -2.27. The van der Waals surface area contributed by atoms with Gasteiger partial charge in [0, 0.05) is 18.5 Å². The Morgan fingerprint density at radius 2 is 1.68 bits per heavy atom. The Hall–Kier alpha value is -3.34. The Balaban J connectivity index is 1.51. The molecule has 0 fully saturated rings. The number of hydrogen-bond acceptors (Lipinski definition) is 3. The van der Waals surface area contributed by atoms with Gasteiger partial charge in [0.1, 0.15) is 5.75 Å². The van der Waals surface area contributed by atoms with Crippen molar-refractivity contribution < 1.29 is 14.3 Å². The van der Waals surface area contributed by atoms with E-state index in [0.717, 1.165) is 17.2 Å². The van der Waals surface area contributed by atoms with Crippen molar-refractivity contribution in [2.45, 2.75) is 19.8 Å². The SMILES string of the molecule is CCCOc1ccccc1NC(=O)CCNC(=O)c1ccc2ccccc2c1. The minimum absolute atomic E-state index is 0.175. The first-order chi connectivity index (χ1) is 13.7. The van der Waals surface area contributed by atoms with Gasteiger partial charge >= 0.3 is 0 Å². The largest absolute Gasteiger partial charge is 0.491 e. The third-order valence-corrected chi connectivity index (χ3v) is 4.27. The lowest BCUT2D eigenvalue weighted by molar-refractivity contribution is -0.116. The highest BCUT2D eigenvalue weighted by molar-refractivity contribution is 5.99. The van der Waals surface area contributed by atoms with Crippen LogP contribution in [0.2, 0.25) is 0 Å². The number of anilines is 1. The van der Waals surface area contributed by atoms with Crippen LogP contribution in [-0.2, 0) is 4.79 Å². The molecule has 5 heteroatoms. The normalized spacial score (nSPS) is 10.5. The third-order valence-electron chi connectivity index (χ3n) is 4.27. The van der Waals surface area contributed by atoms with E-state index < -0.39 is 0 Å². The predicted octanol–water partition coefficient (Wildman–Crippen LogP) is 4.39. The van der Waals surface area contributed by atoms with Gasteiger partial charge in [-0.25, -0.2) is 0 Å². The first-order valence-electron chi connectivity index (χ1n) is 9.46. The Labute approximate surface area is 164 Å². The van der Waals surface area contributed by atoms with Crippen LogP contribution in [-0.4, -0.2) is 25.0 Å². The molecule has 2 N–H and O–H groups in total. The van der Waals surface area contributed by atoms with Gasteiger partial charge < -0.3 is 15.4 Å². The summed E-state index contributed by atoms with van der Waals surface area (Å²) < 4.78 is 5.64. The summed E-state index contributed by atoms with van der Waals surface area (Å²) in [5.74, 6) is 0.287. The monoisotopic (exact) mass is 376 g/mol. The van der Waals surface area contributed by atoms with Crippen LogP contribution in [0.15, 0.2) is 66.7 Å². The van der Waals surface area contributed by atoms with Gasteiger partial charge in [-0.15, -0.1) is 0 Å². The van der Waals surface area contributed by atoms with Crippen molar-refractivity contribution in [2.75, 3.05) is 18.5 Å². The lowest BCUT2D eigenvalue weighted by atomic mass is 10.1. The predicted molar refractivity (Wildman–Crippen MR) is 112 cm³/mol. The Kier molecular flexibility index (Phi) is 6.63. The fourth-order valence-electron chi connectivity index (χ4n) is 2.84. The maximum atomic E-state index is 12.3. The fourth-order valence-corrected chi connectivity index (χ4v) is 2.84. The molecule has 3 aromatic rings. The van der Waals surface area contributed by atoms with Gasteiger partial charge in [0.15, 0.2) is 0 Å². The van der Waals surface area contributed by atoms with E-state index in [2.05, 4.69) is 10.6 Å². The highest BCUT2D eigenvalue weighted by Gasteiger charge is 2.10. The second-order valence-corrected chi connectivity index (χ2v) is 6.46. The molecule has 0 heterocycles. The number of hydrogen-bond donors (Lipinski definition) is 2. The van der Waals surface area contributed by atoms with Crippen LogP contribution < -0.4 is 15.4 Å². The van der Waals surface area contributed by atoms with Crippen LogP contribution in [0.3, 0.4) is 0 Å². The molecule has 28 heavy (non-hydrogen) atoms. The van der Waals surface area contributed by atoms with E-state index in [1.807, 2.05) is 61.5 Å². The highest BCUT2D eigenvalue weighted by Crippen LogP contribution is 2.24. The van der Waals surface area contributed by atoms with Gasteiger partial charge in [-0.05, 0) is 41.5 Å². The third kappa shape index (κ3) is 5.10. The molecule has 0 atom stereocenters. The second-order valence-electron chi connectivity index (χ2n) is 6.46. The summed E-state index contributed by atoms with van der Waals surface area (Å²) in [4.78, 5) is 24.6. The van der Waals surface area contributed by atoms with Crippen molar-refractivity contribution in [3.05, 3.63) is 72.3 Å². The van der Waals surface area contributed by atoms with Crippen LogP contribution in [0.5, 0.6) is 5.75 Å². The minimum Gasteiger partial charge on any atom is -0.491 e. The van der Waals surface area contributed by atoms with Crippen molar-refractivity contribution in [3.63, 3.8) is 0 Å². The van der Waals surface area contributed by atoms with Crippen LogP contribution in [0, 0.1) is 0 Å². The average molecular weight is 376 g/mol.